The van der Waals surface area contributed by atoms with Crippen LogP contribution in [0.1, 0.15) is 43.2 Å². The molecular weight excluding hydrogens is 274 g/mol. The molecule has 1 aliphatic carbocycles. The third kappa shape index (κ3) is 4.11. The van der Waals surface area contributed by atoms with E-state index < -0.39 is 0 Å². The fourth-order valence-electron chi connectivity index (χ4n) is 2.60. The predicted molar refractivity (Wildman–Crippen MR) is 77.2 cm³/mol. The first-order valence-electron chi connectivity index (χ1n) is 6.71. The summed E-state index contributed by atoms with van der Waals surface area (Å²) in [7, 11) is 0. The quantitative estimate of drug-likeness (QED) is 0.867. The molecule has 0 spiro atoms. The van der Waals surface area contributed by atoms with Gasteiger partial charge in [0.1, 0.15) is 0 Å². The van der Waals surface area contributed by atoms with E-state index in [1.54, 1.807) is 0 Å². The molecule has 0 aromatic heterocycles. The number of hydrogen-bond donors (Lipinski definition) is 1. The molecule has 1 aromatic carbocycles. The van der Waals surface area contributed by atoms with E-state index in [-0.39, 0.29) is 0 Å². The Bertz CT molecular complexity index is 356. The molecule has 1 nitrogen and oxygen atoms in total. The van der Waals surface area contributed by atoms with E-state index in [0.29, 0.717) is 0 Å². The zero-order valence-electron chi connectivity index (χ0n) is 10.6. The van der Waals surface area contributed by atoms with E-state index in [4.69, 9.17) is 0 Å². The highest BCUT2D eigenvalue weighted by atomic mass is 79.9. The molecule has 0 saturated heterocycles. The van der Waals surface area contributed by atoms with Gasteiger partial charge in [-0.25, -0.2) is 0 Å². The Morgan fingerprint density at radius 1 is 1.24 bits per heavy atom. The van der Waals surface area contributed by atoms with Gasteiger partial charge in [-0.1, -0.05) is 47.3 Å². The van der Waals surface area contributed by atoms with Crippen LogP contribution in [0.4, 0.5) is 0 Å². The second-order valence-electron chi connectivity index (χ2n) is 5.23. The normalized spacial score (nSPS) is 17.3. The monoisotopic (exact) mass is 295 g/mol. The number of benzene rings is 1. The van der Waals surface area contributed by atoms with Gasteiger partial charge in [0.05, 0.1) is 0 Å². The molecule has 0 aliphatic heterocycles. The summed E-state index contributed by atoms with van der Waals surface area (Å²) >= 11 is 3.63. The number of halogens is 1. The molecule has 1 saturated carbocycles. The minimum Gasteiger partial charge on any atom is -0.312 e. The van der Waals surface area contributed by atoms with Crippen LogP contribution >= 0.6 is 15.9 Å². The first-order valence-corrected chi connectivity index (χ1v) is 7.51. The van der Waals surface area contributed by atoms with Crippen molar-refractivity contribution in [2.45, 2.75) is 45.6 Å². The molecule has 17 heavy (non-hydrogen) atoms. The first kappa shape index (κ1) is 13.1. The van der Waals surface area contributed by atoms with Crippen LogP contribution in [0.2, 0.25) is 0 Å². The lowest BCUT2D eigenvalue weighted by atomic mass is 9.89. The van der Waals surface area contributed by atoms with Gasteiger partial charge in [-0.3, -0.25) is 0 Å². The number of aryl methyl sites for hydroxylation is 1. The third-order valence-corrected chi connectivity index (χ3v) is 4.42. The van der Waals surface area contributed by atoms with Gasteiger partial charge >= 0.3 is 0 Å². The molecule has 94 valence electrons. The van der Waals surface area contributed by atoms with Gasteiger partial charge in [0.2, 0.25) is 0 Å². The maximum absolute atomic E-state index is 3.63. The molecule has 2 rings (SSSR count). The van der Waals surface area contributed by atoms with E-state index >= 15 is 0 Å². The molecule has 0 atom stereocenters. The van der Waals surface area contributed by atoms with Gasteiger partial charge in [0, 0.05) is 11.0 Å². The molecular formula is C15H22BrN. The number of nitrogens with one attached hydrogen (secondary N) is 1. The highest BCUT2D eigenvalue weighted by molar-refractivity contribution is 9.10. The molecule has 0 bridgehead atoms. The lowest BCUT2D eigenvalue weighted by molar-refractivity contribution is 0.342. The van der Waals surface area contributed by atoms with Crippen LogP contribution in [0.25, 0.3) is 0 Å². The van der Waals surface area contributed by atoms with Crippen molar-refractivity contribution in [3.8, 4) is 0 Å². The minimum atomic E-state index is 0.910. The molecule has 1 aromatic rings. The van der Waals surface area contributed by atoms with Crippen LogP contribution in [0.5, 0.6) is 0 Å². The van der Waals surface area contributed by atoms with Gasteiger partial charge in [-0.2, -0.15) is 0 Å². The van der Waals surface area contributed by atoms with Crippen LogP contribution < -0.4 is 5.32 Å². The highest BCUT2D eigenvalue weighted by Gasteiger charge is 2.12. The van der Waals surface area contributed by atoms with Gasteiger partial charge in [-0.05, 0) is 49.4 Å². The summed E-state index contributed by atoms with van der Waals surface area (Å²) in [4.78, 5) is 0. The molecule has 1 fully saturated rings. The predicted octanol–water partition coefficient (Wildman–Crippen LogP) is 4.43. The van der Waals surface area contributed by atoms with Crippen molar-refractivity contribution in [1.29, 1.82) is 0 Å². The Morgan fingerprint density at radius 2 is 2.00 bits per heavy atom. The molecule has 1 N–H and O–H groups in total. The third-order valence-electron chi connectivity index (χ3n) is 3.68. The van der Waals surface area contributed by atoms with Crippen molar-refractivity contribution < 1.29 is 0 Å². The van der Waals surface area contributed by atoms with Crippen LogP contribution in [-0.2, 0) is 6.54 Å². The van der Waals surface area contributed by atoms with Crippen molar-refractivity contribution >= 4 is 15.9 Å². The summed E-state index contributed by atoms with van der Waals surface area (Å²) in [6.45, 7) is 4.29. The summed E-state index contributed by atoms with van der Waals surface area (Å²) in [6.07, 6.45) is 7.14. The largest absolute Gasteiger partial charge is 0.312 e. The van der Waals surface area contributed by atoms with Crippen molar-refractivity contribution in [3.05, 3.63) is 33.8 Å². The smallest absolute Gasteiger partial charge is 0.0222 e. The highest BCUT2D eigenvalue weighted by Crippen LogP contribution is 2.23. The topological polar surface area (TPSA) is 12.0 Å². The minimum absolute atomic E-state index is 0.910. The van der Waals surface area contributed by atoms with Crippen molar-refractivity contribution in [1.82, 2.24) is 5.32 Å². The Kier molecular flexibility index (Phi) is 5.05. The first-order chi connectivity index (χ1) is 8.25. The zero-order valence-corrected chi connectivity index (χ0v) is 12.2. The Balaban J connectivity index is 1.77. The van der Waals surface area contributed by atoms with E-state index in [2.05, 4.69) is 46.4 Å². The Hall–Kier alpha value is -0.340. The maximum atomic E-state index is 3.63. The van der Waals surface area contributed by atoms with Gasteiger partial charge in [0.15, 0.2) is 0 Å². The van der Waals surface area contributed by atoms with E-state index in [9.17, 15) is 0 Å². The van der Waals surface area contributed by atoms with Crippen LogP contribution in [0.3, 0.4) is 0 Å². The van der Waals surface area contributed by atoms with Crippen molar-refractivity contribution in [3.63, 3.8) is 0 Å². The lowest BCUT2D eigenvalue weighted by Gasteiger charge is -2.22. The summed E-state index contributed by atoms with van der Waals surface area (Å²) in [5.74, 6) is 0.910. The van der Waals surface area contributed by atoms with E-state index in [1.807, 2.05) is 0 Å². The summed E-state index contributed by atoms with van der Waals surface area (Å²) in [6, 6.07) is 6.59. The Labute approximate surface area is 113 Å². The van der Waals surface area contributed by atoms with Crippen LogP contribution in [-0.4, -0.2) is 6.54 Å². The molecule has 1 aliphatic rings. The van der Waals surface area contributed by atoms with Crippen LogP contribution in [0.15, 0.2) is 22.7 Å². The van der Waals surface area contributed by atoms with E-state index in [1.165, 1.54) is 54.2 Å². The summed E-state index contributed by atoms with van der Waals surface area (Å²) < 4.78 is 1.23. The van der Waals surface area contributed by atoms with Crippen molar-refractivity contribution in [2.24, 2.45) is 5.92 Å². The van der Waals surface area contributed by atoms with Crippen molar-refractivity contribution in [2.75, 3.05) is 6.54 Å². The molecule has 0 radical (unpaired) electrons. The fraction of sp³-hybridized carbons (Fsp3) is 0.600. The number of hydrogen-bond acceptors (Lipinski definition) is 1. The lowest BCUT2D eigenvalue weighted by Crippen LogP contribution is -2.24. The Morgan fingerprint density at radius 3 is 2.71 bits per heavy atom. The average Bonchev–Trinajstić information content (AvgIpc) is 2.33. The second-order valence-corrected chi connectivity index (χ2v) is 6.08. The van der Waals surface area contributed by atoms with E-state index in [0.717, 1.165) is 12.5 Å². The number of rotatable bonds is 4. The second kappa shape index (κ2) is 6.55. The van der Waals surface area contributed by atoms with Gasteiger partial charge in [-0.15, -0.1) is 0 Å². The van der Waals surface area contributed by atoms with Gasteiger partial charge < -0.3 is 5.32 Å². The molecule has 0 heterocycles. The van der Waals surface area contributed by atoms with Gasteiger partial charge in [0.25, 0.3) is 0 Å². The maximum Gasteiger partial charge on any atom is 0.0222 e. The summed E-state index contributed by atoms with van der Waals surface area (Å²) in [5, 5.41) is 3.60. The molecule has 0 unspecified atom stereocenters. The average molecular weight is 296 g/mol. The fourth-order valence-corrected chi connectivity index (χ4v) is 3.23. The van der Waals surface area contributed by atoms with Crippen LogP contribution in [0, 0.1) is 12.8 Å². The SMILES string of the molecule is Cc1ccc(CNCC2CCCCC2)c(Br)c1. The summed E-state index contributed by atoms with van der Waals surface area (Å²) in [5.41, 5.74) is 2.68. The molecule has 2 heteroatoms. The zero-order chi connectivity index (χ0) is 12.1. The molecule has 0 amide bonds. The standard InChI is InChI=1S/C15H22BrN/c1-12-7-8-14(15(16)9-12)11-17-10-13-5-3-2-4-6-13/h7-9,13,17H,2-6,10-11H2,1H3.